The summed E-state index contributed by atoms with van der Waals surface area (Å²) in [5, 5.41) is 9.03. The Kier molecular flexibility index (Phi) is 7.89. The fourth-order valence-electron chi connectivity index (χ4n) is 3.45. The van der Waals surface area contributed by atoms with Crippen molar-refractivity contribution in [3.8, 4) is 0 Å². The average Bonchev–Trinajstić information content (AvgIpc) is 2.64. The van der Waals surface area contributed by atoms with Crippen LogP contribution in [0, 0.1) is 5.92 Å². The molecule has 0 atom stereocenters. The van der Waals surface area contributed by atoms with E-state index in [2.05, 4.69) is 16.0 Å². The fraction of sp³-hybridized carbons (Fsp3) is 0.842. The lowest BCUT2D eigenvalue weighted by atomic mass is 9.96. The molecule has 0 radical (unpaired) electrons. The third kappa shape index (κ3) is 7.74. The van der Waals surface area contributed by atoms with E-state index in [0.29, 0.717) is 38.4 Å². The topological polar surface area (TPSA) is 93.8 Å². The van der Waals surface area contributed by atoms with Crippen LogP contribution in [0.4, 0.5) is 4.79 Å². The number of piperidine rings is 1. The molecule has 8 heteroatoms. The van der Waals surface area contributed by atoms with Crippen molar-refractivity contribution in [3.05, 3.63) is 0 Å². The van der Waals surface area contributed by atoms with Gasteiger partial charge in [-0.25, -0.2) is 4.79 Å². The Morgan fingerprint density at radius 1 is 0.926 bits per heavy atom. The van der Waals surface area contributed by atoms with E-state index < -0.39 is 0 Å². The quantitative estimate of drug-likeness (QED) is 0.648. The highest BCUT2D eigenvalue weighted by Gasteiger charge is 2.25. The third-order valence-electron chi connectivity index (χ3n) is 5.03. The number of carbonyl (C=O) groups is 3. The first-order valence-electron chi connectivity index (χ1n) is 10.1. The van der Waals surface area contributed by atoms with Crippen LogP contribution in [0.5, 0.6) is 0 Å². The lowest BCUT2D eigenvalue weighted by Gasteiger charge is -2.33. The summed E-state index contributed by atoms with van der Waals surface area (Å²) in [4.78, 5) is 40.1. The SMILES string of the molecule is CC(C)(C)NC(=O)NCC1CCN(C(=O)CCC(=O)N2CCNCC2)CC1. The van der Waals surface area contributed by atoms with E-state index in [9.17, 15) is 14.4 Å². The zero-order chi connectivity index (χ0) is 19.9. The second-order valence-electron chi connectivity index (χ2n) is 8.54. The first kappa shape index (κ1) is 21.5. The summed E-state index contributed by atoms with van der Waals surface area (Å²) in [6.45, 7) is 11.0. The molecule has 0 unspecified atom stereocenters. The second-order valence-corrected chi connectivity index (χ2v) is 8.54. The molecule has 0 bridgehead atoms. The van der Waals surface area contributed by atoms with Crippen molar-refractivity contribution in [2.75, 3.05) is 45.8 Å². The molecule has 4 amide bonds. The standard InChI is InChI=1S/C19H35N5O3/c1-19(2,3)22-18(27)21-14-15-6-10-23(11-7-15)16(25)4-5-17(26)24-12-8-20-9-13-24/h15,20H,4-14H2,1-3H3,(H2,21,22,27). The summed E-state index contributed by atoms with van der Waals surface area (Å²) in [5.74, 6) is 0.534. The summed E-state index contributed by atoms with van der Waals surface area (Å²) >= 11 is 0. The number of hydrogen-bond acceptors (Lipinski definition) is 4. The zero-order valence-corrected chi connectivity index (χ0v) is 17.0. The summed E-state index contributed by atoms with van der Waals surface area (Å²) in [5.41, 5.74) is -0.248. The number of likely N-dealkylation sites (tertiary alicyclic amines) is 1. The zero-order valence-electron chi connectivity index (χ0n) is 17.0. The average molecular weight is 382 g/mol. The van der Waals surface area contributed by atoms with Crippen LogP contribution in [0.25, 0.3) is 0 Å². The van der Waals surface area contributed by atoms with Gasteiger partial charge in [0.15, 0.2) is 0 Å². The minimum Gasteiger partial charge on any atom is -0.343 e. The first-order chi connectivity index (χ1) is 12.7. The number of carbonyl (C=O) groups excluding carboxylic acids is 3. The van der Waals surface area contributed by atoms with Crippen molar-refractivity contribution in [1.82, 2.24) is 25.8 Å². The number of nitrogens with zero attached hydrogens (tertiary/aromatic N) is 2. The van der Waals surface area contributed by atoms with Crippen LogP contribution < -0.4 is 16.0 Å². The summed E-state index contributed by atoms with van der Waals surface area (Å²) < 4.78 is 0. The van der Waals surface area contributed by atoms with Gasteiger partial charge in [0.2, 0.25) is 11.8 Å². The summed E-state index contributed by atoms with van der Waals surface area (Å²) in [6, 6.07) is -0.146. The van der Waals surface area contributed by atoms with Crippen molar-refractivity contribution < 1.29 is 14.4 Å². The molecule has 2 aliphatic rings. The molecule has 154 valence electrons. The van der Waals surface area contributed by atoms with Crippen molar-refractivity contribution in [2.45, 2.75) is 52.0 Å². The summed E-state index contributed by atoms with van der Waals surface area (Å²) in [6.07, 6.45) is 2.35. The smallest absolute Gasteiger partial charge is 0.315 e. The van der Waals surface area contributed by atoms with Gasteiger partial charge in [-0.1, -0.05) is 0 Å². The van der Waals surface area contributed by atoms with Gasteiger partial charge < -0.3 is 25.8 Å². The Hall–Kier alpha value is -1.83. The molecular formula is C19H35N5O3. The fourth-order valence-corrected chi connectivity index (χ4v) is 3.45. The van der Waals surface area contributed by atoms with Crippen LogP contribution in [-0.4, -0.2) is 79.0 Å². The van der Waals surface area contributed by atoms with E-state index in [1.54, 1.807) is 0 Å². The maximum absolute atomic E-state index is 12.4. The van der Waals surface area contributed by atoms with Gasteiger partial charge in [-0.05, 0) is 39.5 Å². The van der Waals surface area contributed by atoms with Gasteiger partial charge in [-0.2, -0.15) is 0 Å². The molecule has 2 saturated heterocycles. The molecule has 0 spiro atoms. The number of hydrogen-bond donors (Lipinski definition) is 3. The number of urea groups is 1. The molecule has 0 aliphatic carbocycles. The Labute approximate surface area is 162 Å². The number of rotatable bonds is 5. The van der Waals surface area contributed by atoms with Crippen molar-refractivity contribution in [1.29, 1.82) is 0 Å². The molecule has 2 fully saturated rings. The normalized spacial score (nSPS) is 18.9. The molecule has 0 aromatic rings. The first-order valence-corrected chi connectivity index (χ1v) is 10.1. The lowest BCUT2D eigenvalue weighted by Crippen LogP contribution is -2.48. The van der Waals surface area contributed by atoms with Crippen molar-refractivity contribution in [3.63, 3.8) is 0 Å². The summed E-state index contributed by atoms with van der Waals surface area (Å²) in [7, 11) is 0. The maximum atomic E-state index is 12.4. The van der Waals surface area contributed by atoms with Crippen LogP contribution >= 0.6 is 0 Å². The Bertz CT molecular complexity index is 518. The molecule has 27 heavy (non-hydrogen) atoms. The van der Waals surface area contributed by atoms with Crippen LogP contribution in [0.1, 0.15) is 46.5 Å². The van der Waals surface area contributed by atoms with Gasteiger partial charge in [0, 0.05) is 64.2 Å². The van der Waals surface area contributed by atoms with E-state index in [4.69, 9.17) is 0 Å². The molecule has 2 heterocycles. The number of nitrogens with one attached hydrogen (secondary N) is 3. The predicted molar refractivity (Wildman–Crippen MR) is 104 cm³/mol. The highest BCUT2D eigenvalue weighted by atomic mass is 16.2. The third-order valence-corrected chi connectivity index (χ3v) is 5.03. The van der Waals surface area contributed by atoms with Gasteiger partial charge >= 0.3 is 6.03 Å². The molecule has 0 aromatic heterocycles. The maximum Gasteiger partial charge on any atom is 0.315 e. The largest absolute Gasteiger partial charge is 0.343 e. The Morgan fingerprint density at radius 3 is 1.96 bits per heavy atom. The monoisotopic (exact) mass is 381 g/mol. The van der Waals surface area contributed by atoms with Crippen molar-refractivity contribution in [2.24, 2.45) is 5.92 Å². The molecule has 0 aromatic carbocycles. The van der Waals surface area contributed by atoms with Crippen LogP contribution in [0.3, 0.4) is 0 Å². The van der Waals surface area contributed by atoms with Gasteiger partial charge in [-0.3, -0.25) is 9.59 Å². The number of amides is 4. The van der Waals surface area contributed by atoms with Crippen molar-refractivity contribution >= 4 is 17.8 Å². The molecule has 3 N–H and O–H groups in total. The molecule has 8 nitrogen and oxygen atoms in total. The van der Waals surface area contributed by atoms with E-state index >= 15 is 0 Å². The number of piperazine rings is 1. The second kappa shape index (κ2) is 9.92. The van der Waals surface area contributed by atoms with E-state index in [1.165, 1.54) is 0 Å². The van der Waals surface area contributed by atoms with Crippen LogP contribution in [0.2, 0.25) is 0 Å². The predicted octanol–water partition coefficient (Wildman–Crippen LogP) is 0.535. The van der Waals surface area contributed by atoms with Gasteiger partial charge in [0.05, 0.1) is 0 Å². The molecule has 0 saturated carbocycles. The van der Waals surface area contributed by atoms with Gasteiger partial charge in [0.1, 0.15) is 0 Å². The Balaban J connectivity index is 1.62. The van der Waals surface area contributed by atoms with Gasteiger partial charge in [-0.15, -0.1) is 0 Å². The van der Waals surface area contributed by atoms with E-state index in [1.807, 2.05) is 30.6 Å². The minimum absolute atomic E-state index is 0.0652. The van der Waals surface area contributed by atoms with E-state index in [-0.39, 0.29) is 23.4 Å². The van der Waals surface area contributed by atoms with Crippen LogP contribution in [0.15, 0.2) is 0 Å². The van der Waals surface area contributed by atoms with Crippen LogP contribution in [-0.2, 0) is 9.59 Å². The minimum atomic E-state index is -0.248. The van der Waals surface area contributed by atoms with Gasteiger partial charge in [0.25, 0.3) is 0 Å². The highest BCUT2D eigenvalue weighted by molar-refractivity contribution is 5.84. The Morgan fingerprint density at radius 2 is 1.44 bits per heavy atom. The molecule has 2 rings (SSSR count). The highest BCUT2D eigenvalue weighted by Crippen LogP contribution is 2.17. The molecular weight excluding hydrogens is 346 g/mol. The lowest BCUT2D eigenvalue weighted by molar-refractivity contribution is -0.138. The van der Waals surface area contributed by atoms with E-state index in [0.717, 1.165) is 39.0 Å². The molecule has 2 aliphatic heterocycles.